The zero-order chi connectivity index (χ0) is 12.0. The highest BCUT2D eigenvalue weighted by atomic mass is 16.2. The van der Waals surface area contributed by atoms with Crippen LogP contribution >= 0.6 is 0 Å². The van der Waals surface area contributed by atoms with Gasteiger partial charge in [0.1, 0.15) is 0 Å². The van der Waals surface area contributed by atoms with Crippen LogP contribution < -0.4 is 5.73 Å². The third-order valence-corrected chi connectivity index (χ3v) is 3.48. The summed E-state index contributed by atoms with van der Waals surface area (Å²) in [5.41, 5.74) is 5.53. The molecule has 2 N–H and O–H groups in total. The van der Waals surface area contributed by atoms with E-state index in [0.29, 0.717) is 19.1 Å². The van der Waals surface area contributed by atoms with Crippen LogP contribution in [0.4, 0.5) is 0 Å². The lowest BCUT2D eigenvalue weighted by molar-refractivity contribution is -0.132. The summed E-state index contributed by atoms with van der Waals surface area (Å²) in [4.78, 5) is 15.9. The molecule has 1 amide bonds. The number of hydrogen-bond donors (Lipinski definition) is 1. The summed E-state index contributed by atoms with van der Waals surface area (Å²) in [6.07, 6.45) is 4.78. The normalized spacial score (nSPS) is 16.2. The Morgan fingerprint density at radius 1 is 1.44 bits per heavy atom. The Morgan fingerprint density at radius 2 is 2.12 bits per heavy atom. The van der Waals surface area contributed by atoms with E-state index in [1.165, 1.54) is 19.3 Å². The van der Waals surface area contributed by atoms with Gasteiger partial charge in [-0.1, -0.05) is 6.42 Å². The SMILES string of the molecule is CCN(C)C(=O)CN(CCCN)C1CCC1. The molecule has 4 heteroatoms. The van der Waals surface area contributed by atoms with Crippen LogP contribution in [0.1, 0.15) is 32.6 Å². The number of amides is 1. The van der Waals surface area contributed by atoms with Gasteiger partial charge in [0.2, 0.25) is 5.91 Å². The van der Waals surface area contributed by atoms with Gasteiger partial charge < -0.3 is 10.6 Å². The van der Waals surface area contributed by atoms with Crippen molar-refractivity contribution in [1.82, 2.24) is 9.80 Å². The molecular weight excluding hydrogens is 202 g/mol. The van der Waals surface area contributed by atoms with Crippen LogP contribution in [0.5, 0.6) is 0 Å². The summed E-state index contributed by atoms with van der Waals surface area (Å²) in [6, 6.07) is 0.626. The minimum atomic E-state index is 0.228. The second kappa shape index (κ2) is 6.86. The van der Waals surface area contributed by atoms with Gasteiger partial charge in [-0.05, 0) is 32.7 Å². The average Bonchev–Trinajstić information content (AvgIpc) is 2.22. The largest absolute Gasteiger partial charge is 0.345 e. The molecule has 0 aromatic heterocycles. The van der Waals surface area contributed by atoms with Crippen molar-refractivity contribution < 1.29 is 4.79 Å². The molecule has 1 rings (SSSR count). The number of rotatable bonds is 7. The topological polar surface area (TPSA) is 49.6 Å². The Hall–Kier alpha value is -0.610. The fourth-order valence-corrected chi connectivity index (χ4v) is 1.91. The maximum atomic E-state index is 11.8. The molecule has 1 aliphatic rings. The Labute approximate surface area is 98.8 Å². The quantitative estimate of drug-likeness (QED) is 0.695. The van der Waals surface area contributed by atoms with Crippen LogP contribution in [-0.4, -0.2) is 55.0 Å². The first-order valence-electron chi connectivity index (χ1n) is 6.37. The summed E-state index contributed by atoms with van der Waals surface area (Å²) < 4.78 is 0. The highest BCUT2D eigenvalue weighted by Crippen LogP contribution is 2.24. The van der Waals surface area contributed by atoms with Gasteiger partial charge in [0.05, 0.1) is 6.54 Å². The van der Waals surface area contributed by atoms with Crippen LogP contribution in [0.25, 0.3) is 0 Å². The molecule has 0 aromatic carbocycles. The Morgan fingerprint density at radius 3 is 2.56 bits per heavy atom. The van der Waals surface area contributed by atoms with Crippen molar-refractivity contribution in [3.05, 3.63) is 0 Å². The van der Waals surface area contributed by atoms with Crippen molar-refractivity contribution in [3.63, 3.8) is 0 Å². The maximum absolute atomic E-state index is 11.8. The molecule has 0 radical (unpaired) electrons. The van der Waals surface area contributed by atoms with Gasteiger partial charge in [-0.15, -0.1) is 0 Å². The van der Waals surface area contributed by atoms with E-state index in [-0.39, 0.29) is 5.91 Å². The van der Waals surface area contributed by atoms with Crippen LogP contribution in [-0.2, 0) is 4.79 Å². The fraction of sp³-hybridized carbons (Fsp3) is 0.917. The molecule has 94 valence electrons. The molecular formula is C12H25N3O. The predicted molar refractivity (Wildman–Crippen MR) is 66.2 cm³/mol. The maximum Gasteiger partial charge on any atom is 0.236 e. The number of carbonyl (C=O) groups excluding carboxylic acids is 1. The fourth-order valence-electron chi connectivity index (χ4n) is 1.91. The van der Waals surface area contributed by atoms with E-state index in [0.717, 1.165) is 19.5 Å². The zero-order valence-electron chi connectivity index (χ0n) is 10.6. The van der Waals surface area contributed by atoms with Crippen molar-refractivity contribution in [1.29, 1.82) is 0 Å². The number of likely N-dealkylation sites (N-methyl/N-ethyl adjacent to an activating group) is 1. The lowest BCUT2D eigenvalue weighted by atomic mass is 9.91. The molecule has 1 fully saturated rings. The molecule has 0 bridgehead atoms. The lowest BCUT2D eigenvalue weighted by Gasteiger charge is -2.37. The van der Waals surface area contributed by atoms with Crippen molar-refractivity contribution in [2.24, 2.45) is 5.73 Å². The summed E-state index contributed by atoms with van der Waals surface area (Å²) in [5.74, 6) is 0.228. The molecule has 0 heterocycles. The van der Waals surface area contributed by atoms with E-state index in [2.05, 4.69) is 4.90 Å². The number of hydrogen-bond acceptors (Lipinski definition) is 3. The molecule has 1 aliphatic carbocycles. The van der Waals surface area contributed by atoms with Gasteiger partial charge in [0.15, 0.2) is 0 Å². The predicted octanol–water partition coefficient (Wildman–Crippen LogP) is 0.668. The van der Waals surface area contributed by atoms with Crippen LogP contribution in [0.3, 0.4) is 0 Å². The number of carbonyl (C=O) groups is 1. The molecule has 0 aromatic rings. The van der Waals surface area contributed by atoms with E-state index >= 15 is 0 Å². The van der Waals surface area contributed by atoms with Crippen LogP contribution in [0.2, 0.25) is 0 Å². The van der Waals surface area contributed by atoms with Gasteiger partial charge >= 0.3 is 0 Å². The van der Waals surface area contributed by atoms with Crippen LogP contribution in [0.15, 0.2) is 0 Å². The van der Waals surface area contributed by atoms with Crippen molar-refractivity contribution in [3.8, 4) is 0 Å². The van der Waals surface area contributed by atoms with Gasteiger partial charge in [-0.3, -0.25) is 9.69 Å². The molecule has 0 spiro atoms. The van der Waals surface area contributed by atoms with Gasteiger partial charge in [0, 0.05) is 26.2 Å². The van der Waals surface area contributed by atoms with Crippen LogP contribution in [0, 0.1) is 0 Å². The minimum Gasteiger partial charge on any atom is -0.345 e. The van der Waals surface area contributed by atoms with Crippen molar-refractivity contribution >= 4 is 5.91 Å². The zero-order valence-corrected chi connectivity index (χ0v) is 10.6. The average molecular weight is 227 g/mol. The second-order valence-corrected chi connectivity index (χ2v) is 4.61. The molecule has 16 heavy (non-hydrogen) atoms. The molecule has 4 nitrogen and oxygen atoms in total. The van der Waals surface area contributed by atoms with E-state index in [9.17, 15) is 4.79 Å². The summed E-state index contributed by atoms with van der Waals surface area (Å²) in [7, 11) is 1.87. The molecule has 0 aliphatic heterocycles. The molecule has 0 atom stereocenters. The second-order valence-electron chi connectivity index (χ2n) is 4.61. The molecule has 0 unspecified atom stereocenters. The Bertz CT molecular complexity index is 216. The first-order chi connectivity index (χ1) is 7.69. The number of nitrogens with two attached hydrogens (primary N) is 1. The summed E-state index contributed by atoms with van der Waals surface area (Å²) >= 11 is 0. The molecule has 1 saturated carbocycles. The van der Waals surface area contributed by atoms with Gasteiger partial charge in [0.25, 0.3) is 0 Å². The van der Waals surface area contributed by atoms with E-state index in [1.807, 2.05) is 14.0 Å². The lowest BCUT2D eigenvalue weighted by Crippen LogP contribution is -2.47. The van der Waals surface area contributed by atoms with E-state index < -0.39 is 0 Å². The van der Waals surface area contributed by atoms with Crippen molar-refractivity contribution in [2.75, 3.05) is 33.2 Å². The minimum absolute atomic E-state index is 0.228. The first-order valence-corrected chi connectivity index (χ1v) is 6.37. The highest BCUT2D eigenvalue weighted by molar-refractivity contribution is 5.77. The monoisotopic (exact) mass is 227 g/mol. The highest BCUT2D eigenvalue weighted by Gasteiger charge is 2.26. The van der Waals surface area contributed by atoms with E-state index in [1.54, 1.807) is 4.90 Å². The standard InChI is InChI=1S/C12H25N3O/c1-3-14(2)12(16)10-15(9-5-8-13)11-6-4-7-11/h11H,3-10,13H2,1-2H3. The Kier molecular flexibility index (Phi) is 5.77. The smallest absolute Gasteiger partial charge is 0.236 e. The van der Waals surface area contributed by atoms with E-state index in [4.69, 9.17) is 5.73 Å². The van der Waals surface area contributed by atoms with Gasteiger partial charge in [-0.2, -0.15) is 0 Å². The Balaban J connectivity index is 2.39. The number of nitrogens with zero attached hydrogens (tertiary/aromatic N) is 2. The first kappa shape index (κ1) is 13.5. The third-order valence-electron chi connectivity index (χ3n) is 3.48. The van der Waals surface area contributed by atoms with Crippen molar-refractivity contribution in [2.45, 2.75) is 38.6 Å². The summed E-state index contributed by atoms with van der Waals surface area (Å²) in [6.45, 7) is 5.03. The summed E-state index contributed by atoms with van der Waals surface area (Å²) in [5, 5.41) is 0. The third kappa shape index (κ3) is 3.76. The van der Waals surface area contributed by atoms with Gasteiger partial charge in [-0.25, -0.2) is 0 Å². The molecule has 0 saturated heterocycles.